The SMILES string of the molecule is Fc1ccc(Cn2c(C3CCc4ccccc4O3)nc3ccccc32)cc1. The van der Waals surface area contributed by atoms with Crippen molar-refractivity contribution in [1.82, 2.24) is 9.55 Å². The van der Waals surface area contributed by atoms with Gasteiger partial charge in [0.15, 0.2) is 11.9 Å². The van der Waals surface area contributed by atoms with Crippen molar-refractivity contribution < 1.29 is 9.13 Å². The summed E-state index contributed by atoms with van der Waals surface area (Å²) in [6.45, 7) is 0.637. The van der Waals surface area contributed by atoms with Gasteiger partial charge >= 0.3 is 0 Å². The third-order valence-electron chi connectivity index (χ3n) is 5.14. The van der Waals surface area contributed by atoms with Gasteiger partial charge in [-0.2, -0.15) is 0 Å². The molecule has 0 bridgehead atoms. The van der Waals surface area contributed by atoms with Gasteiger partial charge in [0, 0.05) is 6.54 Å². The first-order valence-electron chi connectivity index (χ1n) is 9.22. The molecule has 27 heavy (non-hydrogen) atoms. The number of hydrogen-bond donors (Lipinski definition) is 0. The van der Waals surface area contributed by atoms with Crippen molar-refractivity contribution in [3.05, 3.63) is 95.6 Å². The van der Waals surface area contributed by atoms with E-state index < -0.39 is 0 Å². The maximum absolute atomic E-state index is 13.3. The van der Waals surface area contributed by atoms with Crippen LogP contribution in [0.5, 0.6) is 5.75 Å². The quantitative estimate of drug-likeness (QED) is 0.497. The van der Waals surface area contributed by atoms with Crippen LogP contribution in [0.25, 0.3) is 11.0 Å². The number of aromatic nitrogens is 2. The summed E-state index contributed by atoms with van der Waals surface area (Å²) in [6.07, 6.45) is 1.78. The second-order valence-electron chi connectivity index (χ2n) is 6.92. The van der Waals surface area contributed by atoms with Gasteiger partial charge in [-0.25, -0.2) is 9.37 Å². The minimum absolute atomic E-state index is 0.0900. The first kappa shape index (κ1) is 16.1. The molecule has 0 fully saturated rings. The summed E-state index contributed by atoms with van der Waals surface area (Å²) in [6, 6.07) is 23.0. The van der Waals surface area contributed by atoms with Gasteiger partial charge < -0.3 is 9.30 Å². The van der Waals surface area contributed by atoms with Crippen molar-refractivity contribution in [1.29, 1.82) is 0 Å². The molecule has 4 heteroatoms. The summed E-state index contributed by atoms with van der Waals surface area (Å²) in [5.74, 6) is 1.64. The van der Waals surface area contributed by atoms with Crippen LogP contribution in [0.4, 0.5) is 4.39 Å². The Bertz CT molecular complexity index is 1100. The zero-order chi connectivity index (χ0) is 18.2. The molecular weight excluding hydrogens is 339 g/mol. The molecule has 1 atom stereocenters. The Morgan fingerprint density at radius 2 is 1.74 bits per heavy atom. The maximum Gasteiger partial charge on any atom is 0.157 e. The smallest absolute Gasteiger partial charge is 0.157 e. The lowest BCUT2D eigenvalue weighted by atomic mass is 10.0. The predicted octanol–water partition coefficient (Wildman–Crippen LogP) is 5.29. The summed E-state index contributed by atoms with van der Waals surface area (Å²) in [7, 11) is 0. The van der Waals surface area contributed by atoms with E-state index >= 15 is 0 Å². The molecule has 1 aliphatic heterocycles. The lowest BCUT2D eigenvalue weighted by Gasteiger charge is -2.26. The van der Waals surface area contributed by atoms with Crippen LogP contribution in [0.3, 0.4) is 0 Å². The Balaban J connectivity index is 1.57. The lowest BCUT2D eigenvalue weighted by Crippen LogP contribution is -2.19. The molecule has 1 aromatic heterocycles. The molecule has 0 aliphatic carbocycles. The number of halogens is 1. The summed E-state index contributed by atoms with van der Waals surface area (Å²) >= 11 is 0. The van der Waals surface area contributed by atoms with Crippen molar-refractivity contribution >= 4 is 11.0 Å². The number of fused-ring (bicyclic) bond motifs is 2. The molecule has 0 spiro atoms. The van der Waals surface area contributed by atoms with E-state index in [9.17, 15) is 4.39 Å². The fourth-order valence-corrected chi connectivity index (χ4v) is 3.78. The van der Waals surface area contributed by atoms with Gasteiger partial charge in [-0.05, 0) is 54.3 Å². The van der Waals surface area contributed by atoms with Crippen molar-refractivity contribution in [3.63, 3.8) is 0 Å². The van der Waals surface area contributed by atoms with Crippen molar-refractivity contribution in [2.45, 2.75) is 25.5 Å². The van der Waals surface area contributed by atoms with Crippen LogP contribution < -0.4 is 4.74 Å². The molecule has 0 saturated carbocycles. The highest BCUT2D eigenvalue weighted by Crippen LogP contribution is 2.35. The minimum Gasteiger partial charge on any atom is -0.482 e. The molecule has 0 radical (unpaired) electrons. The number of imidazole rings is 1. The molecule has 1 unspecified atom stereocenters. The largest absolute Gasteiger partial charge is 0.482 e. The molecule has 2 heterocycles. The fraction of sp³-hybridized carbons (Fsp3) is 0.174. The monoisotopic (exact) mass is 358 g/mol. The summed E-state index contributed by atoms with van der Waals surface area (Å²) < 4.78 is 21.8. The van der Waals surface area contributed by atoms with E-state index in [4.69, 9.17) is 9.72 Å². The fourth-order valence-electron chi connectivity index (χ4n) is 3.78. The molecule has 0 amide bonds. The molecule has 0 saturated heterocycles. The summed E-state index contributed by atoms with van der Waals surface area (Å²) in [4.78, 5) is 4.89. The molecule has 3 aromatic carbocycles. The van der Waals surface area contributed by atoms with E-state index in [2.05, 4.69) is 16.7 Å². The van der Waals surface area contributed by atoms with Crippen LogP contribution in [0.2, 0.25) is 0 Å². The number of para-hydroxylation sites is 3. The predicted molar refractivity (Wildman–Crippen MR) is 103 cm³/mol. The number of rotatable bonds is 3. The van der Waals surface area contributed by atoms with Crippen LogP contribution in [-0.2, 0) is 13.0 Å². The molecule has 1 aliphatic rings. The van der Waals surface area contributed by atoms with Crippen molar-refractivity contribution in [3.8, 4) is 5.75 Å². The average Bonchev–Trinajstić information content (AvgIpc) is 3.08. The van der Waals surface area contributed by atoms with Gasteiger partial charge in [-0.3, -0.25) is 0 Å². The topological polar surface area (TPSA) is 27.1 Å². The van der Waals surface area contributed by atoms with Crippen LogP contribution >= 0.6 is 0 Å². The number of aryl methyl sites for hydroxylation is 1. The highest BCUT2D eigenvalue weighted by molar-refractivity contribution is 5.76. The molecule has 134 valence electrons. The third kappa shape index (κ3) is 2.97. The third-order valence-corrected chi connectivity index (χ3v) is 5.14. The first-order chi connectivity index (χ1) is 13.3. The Labute approximate surface area is 157 Å². The average molecular weight is 358 g/mol. The Morgan fingerprint density at radius 1 is 0.963 bits per heavy atom. The van der Waals surface area contributed by atoms with E-state index in [0.717, 1.165) is 41.0 Å². The highest BCUT2D eigenvalue weighted by Gasteiger charge is 2.26. The van der Waals surface area contributed by atoms with E-state index in [1.165, 1.54) is 17.7 Å². The van der Waals surface area contributed by atoms with Crippen LogP contribution in [0, 0.1) is 5.82 Å². The van der Waals surface area contributed by atoms with E-state index in [1.54, 1.807) is 0 Å². The molecular formula is C23H19FN2O. The van der Waals surface area contributed by atoms with E-state index in [0.29, 0.717) is 6.54 Å². The van der Waals surface area contributed by atoms with Crippen LogP contribution in [-0.4, -0.2) is 9.55 Å². The zero-order valence-electron chi connectivity index (χ0n) is 14.8. The van der Waals surface area contributed by atoms with Crippen LogP contribution in [0.15, 0.2) is 72.8 Å². The molecule has 0 N–H and O–H groups in total. The number of nitrogens with zero attached hydrogens (tertiary/aromatic N) is 2. The van der Waals surface area contributed by atoms with E-state index in [1.807, 2.05) is 48.5 Å². The Kier molecular flexibility index (Phi) is 3.89. The molecule has 4 aromatic rings. The highest BCUT2D eigenvalue weighted by atomic mass is 19.1. The summed E-state index contributed by atoms with van der Waals surface area (Å²) in [5, 5.41) is 0. The van der Waals surface area contributed by atoms with Gasteiger partial charge in [-0.15, -0.1) is 0 Å². The van der Waals surface area contributed by atoms with Gasteiger partial charge in [-0.1, -0.05) is 42.5 Å². The standard InChI is InChI=1S/C23H19FN2O/c24-18-12-9-16(10-13-18)15-26-20-7-3-2-6-19(20)25-23(26)22-14-11-17-5-1-4-8-21(17)27-22/h1-10,12-13,22H,11,14-15H2. The second kappa shape index (κ2) is 6.54. The normalized spacial score (nSPS) is 16.1. The summed E-state index contributed by atoms with van der Waals surface area (Å²) in [5.41, 5.74) is 4.31. The number of benzene rings is 3. The van der Waals surface area contributed by atoms with Gasteiger partial charge in [0.2, 0.25) is 0 Å². The first-order valence-corrected chi connectivity index (χ1v) is 9.22. The van der Waals surface area contributed by atoms with E-state index in [-0.39, 0.29) is 11.9 Å². The zero-order valence-corrected chi connectivity index (χ0v) is 14.8. The Hall–Kier alpha value is -3.14. The van der Waals surface area contributed by atoms with Gasteiger partial charge in [0.1, 0.15) is 11.6 Å². The Morgan fingerprint density at radius 3 is 2.63 bits per heavy atom. The minimum atomic E-state index is -0.221. The van der Waals surface area contributed by atoms with Gasteiger partial charge in [0.05, 0.1) is 11.0 Å². The maximum atomic E-state index is 13.3. The molecule has 3 nitrogen and oxygen atoms in total. The number of ether oxygens (including phenoxy) is 1. The second-order valence-corrected chi connectivity index (χ2v) is 6.92. The van der Waals surface area contributed by atoms with Crippen molar-refractivity contribution in [2.75, 3.05) is 0 Å². The van der Waals surface area contributed by atoms with Crippen molar-refractivity contribution in [2.24, 2.45) is 0 Å². The van der Waals surface area contributed by atoms with Gasteiger partial charge in [0.25, 0.3) is 0 Å². The lowest BCUT2D eigenvalue weighted by molar-refractivity contribution is 0.164. The van der Waals surface area contributed by atoms with Crippen LogP contribution in [0.1, 0.15) is 29.5 Å². The molecule has 5 rings (SSSR count). The number of hydrogen-bond acceptors (Lipinski definition) is 2.